The zero-order valence-corrected chi connectivity index (χ0v) is 32.1. The molecule has 0 aromatic rings. The molecule has 4 saturated carbocycles. The Balaban J connectivity index is 0.00000253. The van der Waals surface area contributed by atoms with E-state index in [2.05, 4.69) is 41.5 Å². The van der Waals surface area contributed by atoms with Crippen LogP contribution in [0.4, 0.5) is 0 Å². The average Bonchev–Trinajstić information content (AvgIpc) is 2.86. The van der Waals surface area contributed by atoms with Gasteiger partial charge in [0, 0.05) is 70.4 Å². The fraction of sp³-hybridized carbons (Fsp3) is 0.824. The Morgan fingerprint density at radius 3 is 2.09 bits per heavy atom. The fourth-order valence-electron chi connectivity index (χ4n) is 11.0. The van der Waals surface area contributed by atoms with Gasteiger partial charge in [-0.25, -0.2) is 0 Å². The molecule has 0 spiro atoms. The Kier molecular flexibility index (Phi) is 10.5. The summed E-state index contributed by atoms with van der Waals surface area (Å²) in [4.78, 5) is 50.3. The number of carbonyl (C=O) groups is 4. The van der Waals surface area contributed by atoms with Gasteiger partial charge in [0.1, 0.15) is 6.10 Å². The largest absolute Gasteiger partial charge is 0.481 e. The third-order valence-electron chi connectivity index (χ3n) is 13.8. The molecule has 2 radical (unpaired) electrons. The van der Waals surface area contributed by atoms with E-state index in [0.717, 1.165) is 38.5 Å². The van der Waals surface area contributed by atoms with Gasteiger partial charge in [0.05, 0.1) is 18.3 Å². The van der Waals surface area contributed by atoms with Crippen molar-refractivity contribution in [2.24, 2.45) is 50.2 Å². The summed E-state index contributed by atoms with van der Waals surface area (Å²) in [5.41, 5.74) is -0.553. The number of ketones is 1. The quantitative estimate of drug-likeness (QED) is 0.285. The summed E-state index contributed by atoms with van der Waals surface area (Å²) in [7, 11) is 0. The first kappa shape index (κ1) is 37.3. The van der Waals surface area contributed by atoms with Gasteiger partial charge in [-0.2, -0.15) is 0 Å². The van der Waals surface area contributed by atoms with Crippen LogP contribution in [0.2, 0.25) is 0 Å². The van der Waals surface area contributed by atoms with Crippen LogP contribution in [0.5, 0.6) is 0 Å². The van der Waals surface area contributed by atoms with Gasteiger partial charge in [0.2, 0.25) is 0 Å². The molecule has 0 heterocycles. The number of hydrogen-bond donors (Lipinski definition) is 2. The zero-order chi connectivity index (χ0) is 30.4. The van der Waals surface area contributed by atoms with E-state index in [1.165, 1.54) is 5.57 Å². The van der Waals surface area contributed by atoms with Crippen molar-refractivity contribution in [3.63, 3.8) is 0 Å². The van der Waals surface area contributed by atoms with Crippen LogP contribution in [-0.2, 0) is 23.9 Å². The zero-order valence-electron chi connectivity index (χ0n) is 28.1. The van der Waals surface area contributed by atoms with Gasteiger partial charge >= 0.3 is 17.9 Å². The minimum atomic E-state index is -1.01. The van der Waals surface area contributed by atoms with E-state index in [1.54, 1.807) is 0 Å². The van der Waals surface area contributed by atoms with E-state index < -0.39 is 23.3 Å². The maximum atomic E-state index is 14.5. The fourth-order valence-corrected chi connectivity index (χ4v) is 11.0. The molecule has 9 heteroatoms. The van der Waals surface area contributed by atoms with Crippen molar-refractivity contribution in [3.05, 3.63) is 11.6 Å². The van der Waals surface area contributed by atoms with Gasteiger partial charge in [-0.15, -0.1) is 0 Å². The summed E-state index contributed by atoms with van der Waals surface area (Å²) in [6, 6.07) is 0. The second kappa shape index (κ2) is 12.1. The van der Waals surface area contributed by atoms with E-state index >= 15 is 0 Å². The van der Waals surface area contributed by atoms with E-state index in [9.17, 15) is 24.3 Å². The third-order valence-corrected chi connectivity index (χ3v) is 13.8. The van der Waals surface area contributed by atoms with Crippen LogP contribution in [-0.4, -0.2) is 99.1 Å². The van der Waals surface area contributed by atoms with E-state index in [4.69, 9.17) is 9.84 Å². The molecule has 230 valence electrons. The van der Waals surface area contributed by atoms with Gasteiger partial charge in [-0.05, 0) is 104 Å². The monoisotopic (exact) mass is 616 g/mol. The Bertz CT molecular complexity index is 1210. The third kappa shape index (κ3) is 5.60. The van der Waals surface area contributed by atoms with E-state index in [-0.39, 0.29) is 129 Å². The van der Waals surface area contributed by atoms with Crippen LogP contribution in [0.15, 0.2) is 11.6 Å². The molecule has 0 aliphatic heterocycles. The molecule has 9 atom stereocenters. The second-order valence-electron chi connectivity index (χ2n) is 16.3. The maximum Gasteiger partial charge on any atom is 0.309 e. The number of carbonyl (C=O) groups excluding carboxylic acids is 2. The minimum Gasteiger partial charge on any atom is -0.481 e. The maximum absolute atomic E-state index is 14.5. The van der Waals surface area contributed by atoms with E-state index in [0.29, 0.717) is 19.3 Å². The number of hydrogen-bond acceptors (Lipinski definition) is 5. The van der Waals surface area contributed by atoms with Crippen LogP contribution in [0.25, 0.3) is 0 Å². The molecule has 0 bridgehead atoms. The Hall–Kier alpha value is -0.180. The SMILES string of the molecule is CC1(C)[C@@H](OC(=O)CCC(=O)O)CC[C@]2(C)[C@H]3C(=O)C=C4[C@@H]5C[C@@](C)(C(=O)O)CC[C@]5(C)CC[C@@]4(C)[C@]3(C)CC[C@@H]12.[Na].[Na]. The predicted octanol–water partition coefficient (Wildman–Crippen LogP) is 6.07. The number of rotatable bonds is 5. The summed E-state index contributed by atoms with van der Waals surface area (Å²) >= 11 is 0. The van der Waals surface area contributed by atoms with Gasteiger partial charge in [0.25, 0.3) is 0 Å². The van der Waals surface area contributed by atoms with Crippen LogP contribution < -0.4 is 0 Å². The molecule has 5 rings (SSSR count). The first-order valence-electron chi connectivity index (χ1n) is 15.7. The number of ether oxygens (including phenoxy) is 1. The van der Waals surface area contributed by atoms with Crippen LogP contribution in [0.1, 0.15) is 119 Å². The number of esters is 1. The molecule has 5 aliphatic carbocycles. The van der Waals surface area contributed by atoms with Crippen molar-refractivity contribution in [1.29, 1.82) is 0 Å². The van der Waals surface area contributed by atoms with Gasteiger partial charge in [-0.1, -0.05) is 47.1 Å². The molecular formula is C34H50Na2O7. The minimum absolute atomic E-state index is 0. The Morgan fingerprint density at radius 2 is 1.49 bits per heavy atom. The molecule has 0 aromatic carbocycles. The summed E-state index contributed by atoms with van der Waals surface area (Å²) < 4.78 is 5.91. The molecule has 0 saturated heterocycles. The van der Waals surface area contributed by atoms with Crippen molar-refractivity contribution in [2.45, 2.75) is 125 Å². The standard InChI is InChI=1S/C34H50O7.2Na/c1-29(2)23-10-13-34(7)27(32(23,5)12-11-24(29)41-26(38)9-8-25(36)37)22(35)18-20-21-19-31(4,28(39)40)15-14-30(21,3)16-17-33(20,34)6;;/h18,21,23-24,27H,8-17,19H2,1-7H3,(H,36,37)(H,39,40);;/t21-,23-,24-,27+,30+,31-,32-,33+,34+;;/m0../s1. The van der Waals surface area contributed by atoms with Crippen molar-refractivity contribution in [2.75, 3.05) is 0 Å². The molecular weight excluding hydrogens is 566 g/mol. The molecule has 0 amide bonds. The molecule has 43 heavy (non-hydrogen) atoms. The van der Waals surface area contributed by atoms with Gasteiger partial charge in [0.15, 0.2) is 5.78 Å². The summed E-state index contributed by atoms with van der Waals surface area (Å²) in [6.45, 7) is 15.5. The number of carboxylic acid groups (broad SMARTS) is 2. The van der Waals surface area contributed by atoms with E-state index in [1.807, 2.05) is 13.0 Å². The summed E-state index contributed by atoms with van der Waals surface area (Å²) in [6.07, 6.45) is 8.80. The average molecular weight is 617 g/mol. The second-order valence-corrected chi connectivity index (χ2v) is 16.3. The molecule has 5 aliphatic rings. The number of allylic oxidation sites excluding steroid dienone is 2. The molecule has 7 nitrogen and oxygen atoms in total. The molecule has 2 N–H and O–H groups in total. The molecule has 0 unspecified atom stereocenters. The molecule has 0 aromatic heterocycles. The number of fused-ring (bicyclic) bond motifs is 7. The van der Waals surface area contributed by atoms with Crippen LogP contribution in [0, 0.1) is 50.2 Å². The molecule has 4 fully saturated rings. The van der Waals surface area contributed by atoms with Crippen LogP contribution >= 0.6 is 0 Å². The Labute approximate surface area is 301 Å². The Morgan fingerprint density at radius 1 is 0.860 bits per heavy atom. The number of carboxylic acids is 2. The van der Waals surface area contributed by atoms with Crippen molar-refractivity contribution in [1.82, 2.24) is 0 Å². The van der Waals surface area contributed by atoms with Crippen molar-refractivity contribution in [3.8, 4) is 0 Å². The van der Waals surface area contributed by atoms with Crippen molar-refractivity contribution >= 4 is 82.8 Å². The van der Waals surface area contributed by atoms with Crippen molar-refractivity contribution < 1.29 is 34.1 Å². The smallest absolute Gasteiger partial charge is 0.309 e. The van der Waals surface area contributed by atoms with Crippen LogP contribution in [0.3, 0.4) is 0 Å². The first-order chi connectivity index (χ1) is 18.8. The number of aliphatic carboxylic acids is 2. The van der Waals surface area contributed by atoms with Gasteiger partial charge < -0.3 is 14.9 Å². The van der Waals surface area contributed by atoms with Gasteiger partial charge in [-0.3, -0.25) is 19.2 Å². The topological polar surface area (TPSA) is 118 Å². The normalized spacial score (nSPS) is 44.4. The summed E-state index contributed by atoms with van der Waals surface area (Å²) in [5, 5.41) is 19.1. The first-order valence-corrected chi connectivity index (χ1v) is 15.7. The summed E-state index contributed by atoms with van der Waals surface area (Å²) in [5.74, 6) is -1.87. The predicted molar refractivity (Wildman–Crippen MR) is 165 cm³/mol.